The van der Waals surface area contributed by atoms with Crippen LogP contribution in [0.2, 0.25) is 0 Å². The smallest absolute Gasteiger partial charge is 0.284 e. The molecule has 3 heterocycles. The van der Waals surface area contributed by atoms with E-state index < -0.39 is 0 Å². The van der Waals surface area contributed by atoms with Gasteiger partial charge in [-0.3, -0.25) is 4.79 Å². The van der Waals surface area contributed by atoms with Crippen LogP contribution in [0.15, 0.2) is 69.7 Å². The number of rotatable bonds is 3. The summed E-state index contributed by atoms with van der Waals surface area (Å²) in [6, 6.07) is 13.9. The molecular formula is C18H14N2O3S. The second-order valence-corrected chi connectivity index (χ2v) is 6.40. The van der Waals surface area contributed by atoms with Crippen LogP contribution in [0.3, 0.4) is 0 Å². The number of hydrogen-bond acceptors (Lipinski definition) is 5. The molecule has 1 atom stereocenters. The van der Waals surface area contributed by atoms with Gasteiger partial charge in [-0.05, 0) is 53.4 Å². The maximum atomic E-state index is 12.8. The SMILES string of the molecule is O=C(c1cccs1)N1N=C(c2ccc(O)cc2)C[C@@H]1c1ccco1. The van der Waals surface area contributed by atoms with Crippen LogP contribution >= 0.6 is 11.3 Å². The lowest BCUT2D eigenvalue weighted by atomic mass is 10.0. The lowest BCUT2D eigenvalue weighted by Gasteiger charge is -2.18. The zero-order valence-corrected chi connectivity index (χ0v) is 13.4. The van der Waals surface area contributed by atoms with Gasteiger partial charge >= 0.3 is 0 Å². The molecule has 24 heavy (non-hydrogen) atoms. The van der Waals surface area contributed by atoms with Gasteiger partial charge < -0.3 is 9.52 Å². The van der Waals surface area contributed by atoms with Gasteiger partial charge in [0.15, 0.2) is 0 Å². The number of phenolic OH excluding ortho intramolecular Hbond substituents is 1. The van der Waals surface area contributed by atoms with Crippen molar-refractivity contribution in [2.24, 2.45) is 5.10 Å². The number of carbonyl (C=O) groups is 1. The zero-order chi connectivity index (χ0) is 16.5. The van der Waals surface area contributed by atoms with Crippen molar-refractivity contribution in [2.45, 2.75) is 12.5 Å². The van der Waals surface area contributed by atoms with Gasteiger partial charge in [-0.1, -0.05) is 6.07 Å². The molecule has 3 aromatic rings. The average Bonchev–Trinajstić information content (AvgIpc) is 3.34. The molecule has 1 aliphatic rings. The molecule has 2 aromatic heterocycles. The molecule has 0 fully saturated rings. The third kappa shape index (κ3) is 2.61. The summed E-state index contributed by atoms with van der Waals surface area (Å²) in [5.74, 6) is 0.768. The van der Waals surface area contributed by atoms with Gasteiger partial charge in [-0.2, -0.15) is 5.10 Å². The van der Waals surface area contributed by atoms with E-state index in [1.807, 2.05) is 23.6 Å². The van der Waals surface area contributed by atoms with E-state index in [0.29, 0.717) is 17.1 Å². The summed E-state index contributed by atoms with van der Waals surface area (Å²) in [5.41, 5.74) is 1.67. The predicted molar refractivity (Wildman–Crippen MR) is 91.2 cm³/mol. The first kappa shape index (κ1) is 14.7. The molecule has 120 valence electrons. The summed E-state index contributed by atoms with van der Waals surface area (Å²) in [4.78, 5) is 13.4. The number of aromatic hydroxyl groups is 1. The topological polar surface area (TPSA) is 66.0 Å². The van der Waals surface area contributed by atoms with Gasteiger partial charge in [-0.25, -0.2) is 5.01 Å². The third-order valence-corrected chi connectivity index (χ3v) is 4.78. The van der Waals surface area contributed by atoms with Crippen LogP contribution in [0.5, 0.6) is 5.75 Å². The van der Waals surface area contributed by atoms with E-state index in [4.69, 9.17) is 4.42 Å². The van der Waals surface area contributed by atoms with E-state index in [9.17, 15) is 9.90 Å². The van der Waals surface area contributed by atoms with E-state index in [1.165, 1.54) is 16.3 Å². The third-order valence-electron chi connectivity index (χ3n) is 3.92. The van der Waals surface area contributed by atoms with Crippen LogP contribution in [0, 0.1) is 0 Å². The lowest BCUT2D eigenvalue weighted by Crippen LogP contribution is -2.26. The number of furan rings is 1. The number of benzene rings is 1. The molecule has 0 saturated heterocycles. The Morgan fingerprint density at radius 1 is 1.21 bits per heavy atom. The Balaban J connectivity index is 1.71. The summed E-state index contributed by atoms with van der Waals surface area (Å²) in [6.07, 6.45) is 2.16. The van der Waals surface area contributed by atoms with Crippen LogP contribution < -0.4 is 0 Å². The Kier molecular flexibility index (Phi) is 3.66. The molecule has 1 amide bonds. The van der Waals surface area contributed by atoms with Crippen molar-refractivity contribution in [3.63, 3.8) is 0 Å². The fourth-order valence-corrected chi connectivity index (χ4v) is 3.40. The summed E-state index contributed by atoms with van der Waals surface area (Å²) in [7, 11) is 0. The number of hydrazone groups is 1. The Morgan fingerprint density at radius 3 is 2.71 bits per heavy atom. The first-order valence-corrected chi connectivity index (χ1v) is 8.37. The van der Waals surface area contributed by atoms with Crippen LogP contribution in [0.1, 0.15) is 33.5 Å². The van der Waals surface area contributed by atoms with Crippen molar-refractivity contribution in [2.75, 3.05) is 0 Å². The summed E-state index contributed by atoms with van der Waals surface area (Å²) < 4.78 is 5.51. The second kappa shape index (κ2) is 5.98. The van der Waals surface area contributed by atoms with E-state index >= 15 is 0 Å². The minimum atomic E-state index is -0.265. The molecule has 1 aromatic carbocycles. The largest absolute Gasteiger partial charge is 0.508 e. The Hall–Kier alpha value is -2.86. The van der Waals surface area contributed by atoms with Crippen LogP contribution in [-0.2, 0) is 0 Å². The van der Waals surface area contributed by atoms with Crippen molar-refractivity contribution in [1.82, 2.24) is 5.01 Å². The molecule has 4 rings (SSSR count). The molecule has 0 unspecified atom stereocenters. The second-order valence-electron chi connectivity index (χ2n) is 5.46. The number of amides is 1. The quantitative estimate of drug-likeness (QED) is 0.784. The molecule has 0 aliphatic carbocycles. The normalized spacial score (nSPS) is 17.1. The van der Waals surface area contributed by atoms with Crippen LogP contribution in [-0.4, -0.2) is 21.7 Å². The van der Waals surface area contributed by atoms with Crippen molar-refractivity contribution < 1.29 is 14.3 Å². The lowest BCUT2D eigenvalue weighted by molar-refractivity contribution is 0.0698. The number of phenols is 1. The van der Waals surface area contributed by atoms with E-state index in [-0.39, 0.29) is 17.7 Å². The maximum absolute atomic E-state index is 12.8. The molecule has 6 heteroatoms. The number of hydrogen-bond donors (Lipinski definition) is 1. The first-order chi connectivity index (χ1) is 11.7. The molecule has 5 nitrogen and oxygen atoms in total. The highest BCUT2D eigenvalue weighted by molar-refractivity contribution is 7.12. The highest BCUT2D eigenvalue weighted by atomic mass is 32.1. The molecule has 0 saturated carbocycles. The van der Waals surface area contributed by atoms with E-state index in [2.05, 4.69) is 5.10 Å². The molecule has 0 spiro atoms. The Morgan fingerprint density at radius 2 is 2.04 bits per heavy atom. The zero-order valence-electron chi connectivity index (χ0n) is 12.6. The van der Waals surface area contributed by atoms with Gasteiger partial charge in [0.25, 0.3) is 5.91 Å². The average molecular weight is 338 g/mol. The number of carbonyl (C=O) groups excluding carboxylic acids is 1. The van der Waals surface area contributed by atoms with Crippen molar-refractivity contribution >= 4 is 23.0 Å². The van der Waals surface area contributed by atoms with Gasteiger partial charge in [-0.15, -0.1) is 11.3 Å². The van der Waals surface area contributed by atoms with E-state index in [0.717, 1.165) is 11.3 Å². The monoisotopic (exact) mass is 338 g/mol. The van der Waals surface area contributed by atoms with Crippen LogP contribution in [0.4, 0.5) is 0 Å². The molecule has 0 bridgehead atoms. The molecular weight excluding hydrogens is 324 g/mol. The van der Waals surface area contributed by atoms with Crippen molar-refractivity contribution in [3.8, 4) is 5.75 Å². The molecule has 1 N–H and O–H groups in total. The number of thiophene rings is 1. The standard InChI is InChI=1S/C18H14N2O3S/c21-13-7-5-12(6-8-13)14-11-15(16-3-1-9-23-16)20(19-14)18(22)17-4-2-10-24-17/h1-10,15,21H,11H2/t15-/m1/s1. The van der Waals surface area contributed by atoms with Crippen molar-refractivity contribution in [3.05, 3.63) is 76.4 Å². The highest BCUT2D eigenvalue weighted by Crippen LogP contribution is 2.34. The molecule has 1 aliphatic heterocycles. The minimum Gasteiger partial charge on any atom is -0.508 e. The van der Waals surface area contributed by atoms with Crippen LogP contribution in [0.25, 0.3) is 0 Å². The highest BCUT2D eigenvalue weighted by Gasteiger charge is 2.35. The minimum absolute atomic E-state index is 0.139. The summed E-state index contributed by atoms with van der Waals surface area (Å²) >= 11 is 1.39. The van der Waals surface area contributed by atoms with Gasteiger partial charge in [0.2, 0.25) is 0 Å². The first-order valence-electron chi connectivity index (χ1n) is 7.50. The van der Waals surface area contributed by atoms with E-state index in [1.54, 1.807) is 36.6 Å². The maximum Gasteiger partial charge on any atom is 0.284 e. The fourth-order valence-electron chi connectivity index (χ4n) is 2.74. The van der Waals surface area contributed by atoms with Crippen molar-refractivity contribution in [1.29, 1.82) is 0 Å². The summed E-state index contributed by atoms with van der Waals surface area (Å²) in [5, 5.41) is 17.4. The Bertz CT molecular complexity index is 868. The number of nitrogens with zero attached hydrogens (tertiary/aromatic N) is 2. The van der Waals surface area contributed by atoms with Gasteiger partial charge in [0.05, 0.1) is 16.9 Å². The fraction of sp³-hybridized carbons (Fsp3) is 0.111. The summed E-state index contributed by atoms with van der Waals surface area (Å²) in [6.45, 7) is 0. The predicted octanol–water partition coefficient (Wildman–Crippen LogP) is 4.04. The van der Waals surface area contributed by atoms with Gasteiger partial charge in [0.1, 0.15) is 17.6 Å². The van der Waals surface area contributed by atoms with Gasteiger partial charge in [0, 0.05) is 6.42 Å². The Labute approximate surface area is 142 Å². The molecule has 0 radical (unpaired) electrons.